The van der Waals surface area contributed by atoms with Crippen molar-refractivity contribution in [2.45, 2.75) is 31.9 Å². The third kappa shape index (κ3) is 4.55. The summed E-state index contributed by atoms with van der Waals surface area (Å²) in [5.74, 6) is -0.285. The van der Waals surface area contributed by atoms with E-state index in [1.807, 2.05) is 44.6 Å². The Morgan fingerprint density at radius 3 is 2.87 bits per heavy atom. The van der Waals surface area contributed by atoms with Gasteiger partial charge in [-0.1, -0.05) is 6.07 Å². The standard InChI is InChI=1S/C22H25N5O3/c1-14-9-23-20(22(29)26-19-5-6-30-13-21(19)28)8-16(14)7-15-3-4-18(24-10-15)17-11-25-27(2)12-17/h3-4,8-12,19,21,28H,5-7,13H2,1-2H3,(H,26,29)/t19-,21-/m0/s1. The highest BCUT2D eigenvalue weighted by atomic mass is 16.5. The fourth-order valence-electron chi connectivity index (χ4n) is 3.49. The van der Waals surface area contributed by atoms with Crippen LogP contribution in [0.5, 0.6) is 0 Å². The second-order valence-corrected chi connectivity index (χ2v) is 7.64. The van der Waals surface area contributed by atoms with Gasteiger partial charge >= 0.3 is 0 Å². The van der Waals surface area contributed by atoms with Gasteiger partial charge in [0.05, 0.1) is 30.6 Å². The number of hydrogen-bond acceptors (Lipinski definition) is 6. The monoisotopic (exact) mass is 407 g/mol. The highest BCUT2D eigenvalue weighted by molar-refractivity contribution is 5.92. The van der Waals surface area contributed by atoms with Crippen molar-refractivity contribution < 1.29 is 14.6 Å². The maximum Gasteiger partial charge on any atom is 0.270 e. The van der Waals surface area contributed by atoms with Crippen molar-refractivity contribution in [2.24, 2.45) is 7.05 Å². The average Bonchev–Trinajstić information content (AvgIpc) is 3.18. The van der Waals surface area contributed by atoms with Gasteiger partial charge in [-0.05, 0) is 48.6 Å². The van der Waals surface area contributed by atoms with Gasteiger partial charge in [-0.25, -0.2) is 0 Å². The molecule has 0 bridgehead atoms. The molecule has 0 radical (unpaired) electrons. The molecule has 4 heterocycles. The number of rotatable bonds is 5. The van der Waals surface area contributed by atoms with Gasteiger partial charge in [0.1, 0.15) is 5.69 Å². The molecule has 30 heavy (non-hydrogen) atoms. The number of pyridine rings is 2. The predicted molar refractivity (Wildman–Crippen MR) is 111 cm³/mol. The van der Waals surface area contributed by atoms with E-state index in [-0.39, 0.29) is 18.6 Å². The summed E-state index contributed by atoms with van der Waals surface area (Å²) in [6, 6.07) is 5.50. The number of nitrogens with zero attached hydrogens (tertiary/aromatic N) is 4. The van der Waals surface area contributed by atoms with Crippen LogP contribution < -0.4 is 5.32 Å². The zero-order chi connectivity index (χ0) is 21.1. The summed E-state index contributed by atoms with van der Waals surface area (Å²) in [7, 11) is 1.88. The molecule has 1 fully saturated rings. The molecule has 0 saturated carbocycles. The van der Waals surface area contributed by atoms with Crippen LogP contribution in [-0.2, 0) is 18.2 Å². The summed E-state index contributed by atoms with van der Waals surface area (Å²) in [5, 5.41) is 17.0. The second kappa shape index (κ2) is 8.73. The van der Waals surface area contributed by atoms with Crippen LogP contribution >= 0.6 is 0 Å². The molecule has 1 aliphatic rings. The molecule has 2 N–H and O–H groups in total. The van der Waals surface area contributed by atoms with Crippen LogP contribution in [0.1, 0.15) is 33.6 Å². The zero-order valence-electron chi connectivity index (χ0n) is 17.1. The van der Waals surface area contributed by atoms with E-state index in [4.69, 9.17) is 4.74 Å². The third-order valence-electron chi connectivity index (χ3n) is 5.31. The largest absolute Gasteiger partial charge is 0.389 e. The fourth-order valence-corrected chi connectivity index (χ4v) is 3.49. The lowest BCUT2D eigenvalue weighted by Crippen LogP contribution is -2.48. The molecule has 0 spiro atoms. The first-order chi connectivity index (χ1) is 14.5. The molecular formula is C22H25N5O3. The van der Waals surface area contributed by atoms with Crippen LogP contribution in [0, 0.1) is 6.92 Å². The molecule has 1 saturated heterocycles. The number of carbonyl (C=O) groups is 1. The second-order valence-electron chi connectivity index (χ2n) is 7.64. The van der Waals surface area contributed by atoms with Crippen LogP contribution in [0.3, 0.4) is 0 Å². The first-order valence-electron chi connectivity index (χ1n) is 9.96. The van der Waals surface area contributed by atoms with Crippen LogP contribution in [0.25, 0.3) is 11.3 Å². The molecule has 156 valence electrons. The summed E-state index contributed by atoms with van der Waals surface area (Å²) < 4.78 is 6.96. The Hall–Kier alpha value is -3.10. The normalized spacial score (nSPS) is 18.9. The lowest BCUT2D eigenvalue weighted by Gasteiger charge is -2.28. The molecule has 0 aliphatic carbocycles. The summed E-state index contributed by atoms with van der Waals surface area (Å²) in [5.41, 5.74) is 5.25. The third-order valence-corrected chi connectivity index (χ3v) is 5.31. The van der Waals surface area contributed by atoms with E-state index in [0.29, 0.717) is 25.1 Å². The Balaban J connectivity index is 1.47. The van der Waals surface area contributed by atoms with Gasteiger partial charge in [-0.2, -0.15) is 5.10 Å². The highest BCUT2D eigenvalue weighted by Gasteiger charge is 2.26. The number of amides is 1. The van der Waals surface area contributed by atoms with Crippen molar-refractivity contribution in [2.75, 3.05) is 13.2 Å². The number of ether oxygens (including phenoxy) is 1. The van der Waals surface area contributed by atoms with Crippen LogP contribution in [0.15, 0.2) is 43.0 Å². The smallest absolute Gasteiger partial charge is 0.270 e. The van der Waals surface area contributed by atoms with Gasteiger partial charge in [0.15, 0.2) is 0 Å². The molecule has 8 heteroatoms. The summed E-state index contributed by atoms with van der Waals surface area (Å²) in [4.78, 5) is 21.5. The van der Waals surface area contributed by atoms with Crippen molar-refractivity contribution in [1.82, 2.24) is 25.1 Å². The van der Waals surface area contributed by atoms with E-state index in [9.17, 15) is 9.90 Å². The fraction of sp³-hybridized carbons (Fsp3) is 0.364. The molecular weight excluding hydrogens is 382 g/mol. The Morgan fingerprint density at radius 1 is 1.30 bits per heavy atom. The number of aromatic nitrogens is 4. The minimum Gasteiger partial charge on any atom is -0.389 e. The van der Waals surface area contributed by atoms with Gasteiger partial charge in [0.2, 0.25) is 0 Å². The number of aryl methyl sites for hydroxylation is 2. The van der Waals surface area contributed by atoms with E-state index in [1.165, 1.54) is 0 Å². The number of carbonyl (C=O) groups excluding carboxylic acids is 1. The first-order valence-corrected chi connectivity index (χ1v) is 9.96. The SMILES string of the molecule is Cc1cnc(C(=O)N[C@H]2CCOC[C@@H]2O)cc1Cc1ccc(-c2cnn(C)c2)nc1. The molecule has 8 nitrogen and oxygen atoms in total. The van der Waals surface area contributed by atoms with E-state index in [1.54, 1.807) is 17.1 Å². The topological polar surface area (TPSA) is 102 Å². The van der Waals surface area contributed by atoms with Gasteiger partial charge in [0.25, 0.3) is 5.91 Å². The maximum atomic E-state index is 12.6. The van der Waals surface area contributed by atoms with E-state index in [0.717, 1.165) is 27.9 Å². The minimum atomic E-state index is -0.697. The molecule has 4 rings (SSSR count). The average molecular weight is 407 g/mol. The Kier molecular flexibility index (Phi) is 5.87. The Morgan fingerprint density at radius 2 is 2.17 bits per heavy atom. The Labute approximate surface area is 174 Å². The Bertz CT molecular complexity index is 1030. The van der Waals surface area contributed by atoms with E-state index < -0.39 is 6.10 Å². The number of hydrogen-bond donors (Lipinski definition) is 2. The van der Waals surface area contributed by atoms with Crippen LogP contribution in [0.2, 0.25) is 0 Å². The van der Waals surface area contributed by atoms with Crippen molar-refractivity contribution in [1.29, 1.82) is 0 Å². The van der Waals surface area contributed by atoms with E-state index in [2.05, 4.69) is 20.4 Å². The highest BCUT2D eigenvalue weighted by Crippen LogP contribution is 2.19. The zero-order valence-corrected chi connectivity index (χ0v) is 17.1. The molecule has 0 aromatic carbocycles. The summed E-state index contributed by atoms with van der Waals surface area (Å²) in [6.45, 7) is 2.74. The maximum absolute atomic E-state index is 12.6. The summed E-state index contributed by atoms with van der Waals surface area (Å²) >= 11 is 0. The molecule has 3 aromatic rings. The summed E-state index contributed by atoms with van der Waals surface area (Å²) in [6.07, 6.45) is 7.81. The van der Waals surface area contributed by atoms with E-state index >= 15 is 0 Å². The van der Waals surface area contributed by atoms with Gasteiger partial charge < -0.3 is 15.2 Å². The number of aliphatic hydroxyl groups is 1. The quantitative estimate of drug-likeness (QED) is 0.667. The molecule has 3 aromatic heterocycles. The lowest BCUT2D eigenvalue weighted by molar-refractivity contribution is -0.0261. The molecule has 2 atom stereocenters. The number of aliphatic hydroxyl groups excluding tert-OH is 1. The van der Waals surface area contributed by atoms with Gasteiger partial charge in [-0.3, -0.25) is 19.4 Å². The molecule has 0 unspecified atom stereocenters. The lowest BCUT2D eigenvalue weighted by atomic mass is 10.0. The van der Waals surface area contributed by atoms with Crippen molar-refractivity contribution in [3.05, 3.63) is 65.4 Å². The van der Waals surface area contributed by atoms with Crippen molar-refractivity contribution in [3.63, 3.8) is 0 Å². The van der Waals surface area contributed by atoms with Crippen LogP contribution in [0.4, 0.5) is 0 Å². The van der Waals surface area contributed by atoms with Crippen molar-refractivity contribution in [3.8, 4) is 11.3 Å². The van der Waals surface area contributed by atoms with Gasteiger partial charge in [-0.15, -0.1) is 0 Å². The molecule has 1 aliphatic heterocycles. The minimum absolute atomic E-state index is 0.236. The van der Waals surface area contributed by atoms with Crippen molar-refractivity contribution >= 4 is 5.91 Å². The predicted octanol–water partition coefficient (Wildman–Crippen LogP) is 1.66. The molecule has 1 amide bonds. The number of nitrogens with one attached hydrogen (secondary N) is 1. The van der Waals surface area contributed by atoms with Crippen LogP contribution in [-0.4, -0.2) is 56.1 Å². The van der Waals surface area contributed by atoms with Gasteiger partial charge in [0, 0.05) is 37.8 Å². The first kappa shape index (κ1) is 20.2.